The minimum atomic E-state index is -0.129. The van der Waals surface area contributed by atoms with Crippen LogP contribution in [0.3, 0.4) is 0 Å². The fraction of sp³-hybridized carbons (Fsp3) is 0.0769. The summed E-state index contributed by atoms with van der Waals surface area (Å²) in [6.45, 7) is 4.13. The van der Waals surface area contributed by atoms with E-state index in [2.05, 4.69) is 48.0 Å². The Bertz CT molecular complexity index is 1350. The van der Waals surface area contributed by atoms with Crippen molar-refractivity contribution in [3.63, 3.8) is 0 Å². The first-order valence-corrected chi connectivity index (χ1v) is 10.8. The second kappa shape index (κ2) is 7.67. The molecular formula is C26H19BrN2O2. The number of hydrogen-bond donors (Lipinski definition) is 0. The van der Waals surface area contributed by atoms with E-state index in [1.165, 1.54) is 0 Å². The first kappa shape index (κ1) is 19.5. The number of ether oxygens (including phenoxy) is 1. The van der Waals surface area contributed by atoms with Gasteiger partial charge in [0.15, 0.2) is 5.76 Å². The molecular weight excluding hydrogens is 452 g/mol. The average Bonchev–Trinajstić information content (AvgIpc) is 3.32. The molecule has 4 aromatic rings. The number of fused-ring (bicyclic) bond motifs is 1. The van der Waals surface area contributed by atoms with Crippen LogP contribution in [0.4, 0.5) is 0 Å². The number of halogens is 1. The first-order valence-electron chi connectivity index (χ1n) is 9.96. The number of aromatic nitrogens is 2. The Balaban J connectivity index is 1.66. The summed E-state index contributed by atoms with van der Waals surface area (Å²) in [4.78, 5) is 13.0. The predicted molar refractivity (Wildman–Crippen MR) is 126 cm³/mol. The summed E-state index contributed by atoms with van der Waals surface area (Å²) in [5.74, 6) is 0.742. The number of Topliss-reactive ketones (excluding diaryl/α,β-unsaturated/α-hetero) is 1. The number of ketones is 1. The van der Waals surface area contributed by atoms with E-state index in [1.54, 1.807) is 18.2 Å². The third-order valence-corrected chi connectivity index (χ3v) is 5.82. The van der Waals surface area contributed by atoms with Gasteiger partial charge in [-0.2, -0.15) is 5.10 Å². The topological polar surface area (TPSA) is 44.1 Å². The fourth-order valence-electron chi connectivity index (χ4n) is 3.71. The maximum absolute atomic E-state index is 13.0. The van der Waals surface area contributed by atoms with E-state index in [4.69, 9.17) is 9.84 Å². The van der Waals surface area contributed by atoms with Crippen LogP contribution in [-0.4, -0.2) is 15.6 Å². The maximum atomic E-state index is 13.0. The highest BCUT2D eigenvalue weighted by molar-refractivity contribution is 9.10. The maximum Gasteiger partial charge on any atom is 0.232 e. The lowest BCUT2D eigenvalue weighted by molar-refractivity contribution is 0.101. The SMILES string of the molecule is Cc1ccc(C)c(-c2nn(-c3ccccc3)cc2/C=C2\Oc3ccc(Br)cc3C2=O)c1. The number of carbonyl (C=O) groups is 1. The molecule has 5 rings (SSSR count). The number of aryl methyl sites for hydroxylation is 2. The smallest absolute Gasteiger partial charge is 0.232 e. The Hall–Kier alpha value is -3.44. The van der Waals surface area contributed by atoms with Crippen LogP contribution in [0, 0.1) is 13.8 Å². The molecule has 0 amide bonds. The van der Waals surface area contributed by atoms with Gasteiger partial charge in [0.2, 0.25) is 5.78 Å². The highest BCUT2D eigenvalue weighted by Gasteiger charge is 2.28. The molecule has 0 saturated carbocycles. The Labute approximate surface area is 188 Å². The number of carbonyl (C=O) groups excluding carboxylic acids is 1. The van der Waals surface area contributed by atoms with Crippen molar-refractivity contribution in [2.45, 2.75) is 13.8 Å². The molecule has 2 heterocycles. The van der Waals surface area contributed by atoms with Gasteiger partial charge in [0.1, 0.15) is 11.4 Å². The summed E-state index contributed by atoms with van der Waals surface area (Å²) in [5, 5.41) is 4.88. The van der Waals surface area contributed by atoms with Crippen LogP contribution in [0.15, 0.2) is 83.2 Å². The van der Waals surface area contributed by atoms with Crippen LogP contribution in [0.2, 0.25) is 0 Å². The summed E-state index contributed by atoms with van der Waals surface area (Å²) in [6.07, 6.45) is 3.73. The summed E-state index contributed by atoms with van der Waals surface area (Å²) < 4.78 is 8.58. The van der Waals surface area contributed by atoms with Gasteiger partial charge >= 0.3 is 0 Å². The largest absolute Gasteiger partial charge is 0.452 e. The molecule has 3 aromatic carbocycles. The van der Waals surface area contributed by atoms with Crippen LogP contribution < -0.4 is 4.74 Å². The monoisotopic (exact) mass is 470 g/mol. The molecule has 152 valence electrons. The van der Waals surface area contributed by atoms with Crippen molar-refractivity contribution in [3.8, 4) is 22.7 Å². The third-order valence-electron chi connectivity index (χ3n) is 5.33. The van der Waals surface area contributed by atoms with Crippen molar-refractivity contribution in [1.29, 1.82) is 0 Å². The van der Waals surface area contributed by atoms with Crippen LogP contribution >= 0.6 is 15.9 Å². The highest BCUT2D eigenvalue weighted by Crippen LogP contribution is 2.35. The summed E-state index contributed by atoms with van der Waals surface area (Å²) in [7, 11) is 0. The van der Waals surface area contributed by atoms with Gasteiger partial charge in [-0.3, -0.25) is 4.79 Å². The van der Waals surface area contributed by atoms with Crippen molar-refractivity contribution in [1.82, 2.24) is 9.78 Å². The molecule has 31 heavy (non-hydrogen) atoms. The molecule has 0 bridgehead atoms. The van der Waals surface area contributed by atoms with Gasteiger partial charge in [-0.15, -0.1) is 0 Å². The van der Waals surface area contributed by atoms with Crippen molar-refractivity contribution in [2.24, 2.45) is 0 Å². The van der Waals surface area contributed by atoms with Gasteiger partial charge in [0, 0.05) is 21.8 Å². The number of para-hydroxylation sites is 1. The zero-order valence-corrected chi connectivity index (χ0v) is 18.7. The van der Waals surface area contributed by atoms with E-state index in [1.807, 2.05) is 47.3 Å². The van der Waals surface area contributed by atoms with Crippen LogP contribution in [0.25, 0.3) is 23.0 Å². The lowest BCUT2D eigenvalue weighted by Crippen LogP contribution is -1.98. The number of rotatable bonds is 3. The van der Waals surface area contributed by atoms with Crippen molar-refractivity contribution in [3.05, 3.63) is 105 Å². The quantitative estimate of drug-likeness (QED) is 0.319. The summed E-state index contributed by atoms with van der Waals surface area (Å²) in [6, 6.07) is 21.7. The Kier molecular flexibility index (Phi) is 4.83. The average molecular weight is 471 g/mol. The molecule has 0 radical (unpaired) electrons. The number of allylic oxidation sites excluding steroid dienone is 1. The van der Waals surface area contributed by atoms with Crippen LogP contribution in [-0.2, 0) is 0 Å². The fourth-order valence-corrected chi connectivity index (χ4v) is 4.07. The molecule has 0 aliphatic carbocycles. The van der Waals surface area contributed by atoms with Gasteiger partial charge in [0.25, 0.3) is 0 Å². The lowest BCUT2D eigenvalue weighted by Gasteiger charge is -2.06. The van der Waals surface area contributed by atoms with E-state index >= 15 is 0 Å². The number of hydrogen-bond acceptors (Lipinski definition) is 3. The van der Waals surface area contributed by atoms with Crippen molar-refractivity contribution < 1.29 is 9.53 Å². The zero-order valence-electron chi connectivity index (χ0n) is 17.1. The molecule has 0 spiro atoms. The summed E-state index contributed by atoms with van der Waals surface area (Å²) in [5.41, 5.74) is 6.45. The second-order valence-electron chi connectivity index (χ2n) is 7.61. The number of nitrogens with zero attached hydrogens (tertiary/aromatic N) is 2. The Morgan fingerprint density at radius 1 is 0.968 bits per heavy atom. The van der Waals surface area contributed by atoms with Gasteiger partial charge in [-0.1, -0.05) is 51.8 Å². The lowest BCUT2D eigenvalue weighted by atomic mass is 10.00. The van der Waals surface area contributed by atoms with E-state index in [-0.39, 0.29) is 5.78 Å². The van der Waals surface area contributed by atoms with Crippen molar-refractivity contribution in [2.75, 3.05) is 0 Å². The molecule has 0 unspecified atom stereocenters. The molecule has 4 nitrogen and oxygen atoms in total. The first-order chi connectivity index (χ1) is 15.0. The molecule has 5 heteroatoms. The van der Waals surface area contributed by atoms with Gasteiger partial charge in [-0.25, -0.2) is 4.68 Å². The molecule has 1 aliphatic heterocycles. The van der Waals surface area contributed by atoms with E-state index in [9.17, 15) is 4.79 Å². The minimum Gasteiger partial charge on any atom is -0.452 e. The zero-order chi connectivity index (χ0) is 21.5. The van der Waals surface area contributed by atoms with Crippen LogP contribution in [0.5, 0.6) is 5.75 Å². The normalized spacial score (nSPS) is 14.0. The van der Waals surface area contributed by atoms with Gasteiger partial charge < -0.3 is 4.74 Å². The molecule has 1 aromatic heterocycles. The van der Waals surface area contributed by atoms with E-state index in [0.717, 1.165) is 38.1 Å². The molecule has 0 N–H and O–H groups in total. The van der Waals surface area contributed by atoms with E-state index < -0.39 is 0 Å². The van der Waals surface area contributed by atoms with E-state index in [0.29, 0.717) is 17.1 Å². The second-order valence-corrected chi connectivity index (χ2v) is 8.53. The standard InChI is InChI=1S/C26H19BrN2O2/c1-16-8-9-17(2)21(12-16)25-18(15-29(28-25)20-6-4-3-5-7-20)13-24-26(30)22-14-19(27)10-11-23(22)31-24/h3-15H,1-2H3/b24-13-. The van der Waals surface area contributed by atoms with Crippen LogP contribution in [0.1, 0.15) is 27.0 Å². The van der Waals surface area contributed by atoms with Crippen molar-refractivity contribution >= 4 is 27.8 Å². The van der Waals surface area contributed by atoms with Gasteiger partial charge in [-0.05, 0) is 61.9 Å². The molecule has 0 atom stereocenters. The molecule has 0 saturated heterocycles. The van der Waals surface area contributed by atoms with Gasteiger partial charge in [0.05, 0.1) is 11.3 Å². The Morgan fingerprint density at radius 2 is 1.77 bits per heavy atom. The third kappa shape index (κ3) is 3.62. The molecule has 1 aliphatic rings. The predicted octanol–water partition coefficient (Wildman–Crippen LogP) is 6.53. The number of benzene rings is 3. The highest BCUT2D eigenvalue weighted by atomic mass is 79.9. The minimum absolute atomic E-state index is 0.129. The molecule has 0 fully saturated rings. The Morgan fingerprint density at radius 3 is 2.58 bits per heavy atom. The summed E-state index contributed by atoms with van der Waals surface area (Å²) >= 11 is 3.42.